The average Bonchev–Trinajstić information content (AvgIpc) is 2.68. The monoisotopic (exact) mass is 196 g/mol. The van der Waals surface area contributed by atoms with E-state index in [1.165, 1.54) is 12.8 Å². The fourth-order valence-corrected chi connectivity index (χ4v) is 4.08. The fraction of sp³-hybridized carbons (Fsp3) is 0.909. The van der Waals surface area contributed by atoms with Crippen LogP contribution in [0.15, 0.2) is 0 Å². The molecule has 2 saturated carbocycles. The van der Waals surface area contributed by atoms with Crippen molar-refractivity contribution in [3.63, 3.8) is 0 Å². The lowest BCUT2D eigenvalue weighted by molar-refractivity contribution is -0.189. The van der Waals surface area contributed by atoms with Gasteiger partial charge in [0, 0.05) is 17.9 Å². The average molecular weight is 196 g/mol. The van der Waals surface area contributed by atoms with Gasteiger partial charge in [-0.1, -0.05) is 12.8 Å². The van der Waals surface area contributed by atoms with Crippen LogP contribution in [0.25, 0.3) is 0 Å². The van der Waals surface area contributed by atoms with Gasteiger partial charge in [-0.3, -0.25) is 4.79 Å². The van der Waals surface area contributed by atoms with Gasteiger partial charge in [-0.2, -0.15) is 0 Å². The first-order valence-electron chi connectivity index (χ1n) is 5.60. The second-order valence-corrected chi connectivity index (χ2v) is 5.00. The molecule has 0 aromatic rings. The summed E-state index contributed by atoms with van der Waals surface area (Å²) in [6.45, 7) is 0.779. The number of hydrogen-bond acceptors (Lipinski definition) is 2. The zero-order chi connectivity index (χ0) is 9.76. The van der Waals surface area contributed by atoms with E-state index in [1.807, 2.05) is 0 Å². The molecule has 3 heteroatoms. The molecule has 1 N–H and O–H groups in total. The molecule has 0 unspecified atom stereocenters. The van der Waals surface area contributed by atoms with Crippen molar-refractivity contribution in [2.24, 2.45) is 17.3 Å². The maximum atomic E-state index is 11.2. The minimum absolute atomic E-state index is 0.0347. The zero-order valence-corrected chi connectivity index (χ0v) is 8.24. The number of carboxylic acids is 1. The summed E-state index contributed by atoms with van der Waals surface area (Å²) in [5.41, 5.74) is 0.0347. The van der Waals surface area contributed by atoms with Crippen molar-refractivity contribution in [2.75, 3.05) is 6.61 Å². The van der Waals surface area contributed by atoms with Gasteiger partial charge in [-0.05, 0) is 19.3 Å². The third kappa shape index (κ3) is 0.842. The van der Waals surface area contributed by atoms with Crippen LogP contribution >= 0.6 is 0 Å². The Bertz CT molecular complexity index is 268. The number of carbonyl (C=O) groups is 1. The van der Waals surface area contributed by atoms with Crippen molar-refractivity contribution in [3.8, 4) is 0 Å². The zero-order valence-electron chi connectivity index (χ0n) is 8.24. The van der Waals surface area contributed by atoms with Crippen LogP contribution in [0.2, 0.25) is 0 Å². The van der Waals surface area contributed by atoms with Crippen LogP contribution in [-0.4, -0.2) is 23.8 Å². The number of aliphatic carboxylic acids is 1. The minimum Gasteiger partial charge on any atom is -0.481 e. The second-order valence-electron chi connectivity index (χ2n) is 5.00. The summed E-state index contributed by atoms with van der Waals surface area (Å²) in [6, 6.07) is 0. The topological polar surface area (TPSA) is 46.5 Å². The molecular weight excluding hydrogens is 180 g/mol. The van der Waals surface area contributed by atoms with Crippen molar-refractivity contribution < 1.29 is 14.6 Å². The number of fused-ring (bicyclic) bond motifs is 2. The van der Waals surface area contributed by atoms with E-state index >= 15 is 0 Å². The Morgan fingerprint density at radius 2 is 2.07 bits per heavy atom. The van der Waals surface area contributed by atoms with E-state index in [1.54, 1.807) is 0 Å². The molecule has 0 radical (unpaired) electrons. The summed E-state index contributed by atoms with van der Waals surface area (Å²) in [4.78, 5) is 11.2. The molecule has 3 aliphatic rings. The van der Waals surface area contributed by atoms with Crippen molar-refractivity contribution in [1.29, 1.82) is 0 Å². The normalized spacial score (nSPS) is 43.6. The molecule has 3 rings (SSSR count). The van der Waals surface area contributed by atoms with E-state index in [2.05, 4.69) is 0 Å². The van der Waals surface area contributed by atoms with E-state index in [-0.39, 0.29) is 17.4 Å². The number of hydrogen-bond donors (Lipinski definition) is 1. The van der Waals surface area contributed by atoms with Gasteiger partial charge in [0.25, 0.3) is 0 Å². The third-order valence-corrected chi connectivity index (χ3v) is 4.55. The van der Waals surface area contributed by atoms with Crippen molar-refractivity contribution in [1.82, 2.24) is 0 Å². The van der Waals surface area contributed by atoms with Gasteiger partial charge in [-0.25, -0.2) is 0 Å². The summed E-state index contributed by atoms with van der Waals surface area (Å²) in [5.74, 6) is -0.359. The van der Waals surface area contributed by atoms with Gasteiger partial charge in [0.2, 0.25) is 0 Å². The molecule has 0 bridgehead atoms. The molecule has 0 amide bonds. The highest BCUT2D eigenvalue weighted by atomic mass is 16.5. The number of rotatable bonds is 1. The Balaban J connectivity index is 1.91. The SMILES string of the molecule is O=C(O)[C@@H]1[C@@H]2CCO[C@@H]2C12CCCC2. The molecule has 3 nitrogen and oxygen atoms in total. The van der Waals surface area contributed by atoms with Gasteiger partial charge < -0.3 is 9.84 Å². The maximum Gasteiger partial charge on any atom is 0.307 e. The van der Waals surface area contributed by atoms with Gasteiger partial charge in [0.15, 0.2) is 0 Å². The van der Waals surface area contributed by atoms with Crippen molar-refractivity contribution in [3.05, 3.63) is 0 Å². The highest BCUT2D eigenvalue weighted by molar-refractivity contribution is 5.73. The molecular formula is C11H16O3. The van der Waals surface area contributed by atoms with Gasteiger partial charge >= 0.3 is 5.97 Å². The summed E-state index contributed by atoms with van der Waals surface area (Å²) in [5, 5.41) is 9.25. The molecule has 0 aromatic heterocycles. The molecule has 3 fully saturated rings. The van der Waals surface area contributed by atoms with E-state index in [0.717, 1.165) is 25.9 Å². The first kappa shape index (κ1) is 8.72. The quantitative estimate of drug-likeness (QED) is 0.693. The lowest BCUT2D eigenvalue weighted by atomic mass is 9.50. The van der Waals surface area contributed by atoms with Gasteiger partial charge in [0.05, 0.1) is 12.0 Å². The summed E-state index contributed by atoms with van der Waals surface area (Å²) < 4.78 is 5.71. The molecule has 1 heterocycles. The summed E-state index contributed by atoms with van der Waals surface area (Å²) >= 11 is 0. The van der Waals surface area contributed by atoms with Crippen LogP contribution in [0.1, 0.15) is 32.1 Å². The van der Waals surface area contributed by atoms with E-state index < -0.39 is 5.97 Å². The number of carboxylic acid groups (broad SMARTS) is 1. The Hall–Kier alpha value is -0.570. The Morgan fingerprint density at radius 3 is 2.71 bits per heavy atom. The van der Waals surface area contributed by atoms with Crippen LogP contribution < -0.4 is 0 Å². The summed E-state index contributed by atoms with van der Waals surface area (Å²) in [6.07, 6.45) is 5.78. The van der Waals surface area contributed by atoms with Crippen LogP contribution in [0.3, 0.4) is 0 Å². The largest absolute Gasteiger partial charge is 0.481 e. The van der Waals surface area contributed by atoms with Crippen LogP contribution in [0.4, 0.5) is 0 Å². The lowest BCUT2D eigenvalue weighted by Crippen LogP contribution is -2.60. The predicted molar refractivity (Wildman–Crippen MR) is 49.9 cm³/mol. The first-order valence-corrected chi connectivity index (χ1v) is 5.60. The minimum atomic E-state index is -0.585. The molecule has 2 aliphatic carbocycles. The Kier molecular flexibility index (Phi) is 1.69. The van der Waals surface area contributed by atoms with E-state index in [4.69, 9.17) is 4.74 Å². The molecule has 3 atom stereocenters. The predicted octanol–water partition coefficient (Wildman–Crippen LogP) is 1.67. The molecule has 78 valence electrons. The Morgan fingerprint density at radius 1 is 1.36 bits per heavy atom. The van der Waals surface area contributed by atoms with Crippen LogP contribution in [0.5, 0.6) is 0 Å². The van der Waals surface area contributed by atoms with Crippen LogP contribution in [0, 0.1) is 17.3 Å². The highest BCUT2D eigenvalue weighted by Crippen LogP contribution is 2.64. The molecule has 1 aliphatic heterocycles. The smallest absolute Gasteiger partial charge is 0.307 e. The third-order valence-electron chi connectivity index (χ3n) is 4.55. The molecule has 14 heavy (non-hydrogen) atoms. The Labute approximate surface area is 83.4 Å². The number of ether oxygens (including phenoxy) is 1. The van der Waals surface area contributed by atoms with E-state index in [9.17, 15) is 9.90 Å². The molecule has 1 spiro atoms. The molecule has 1 saturated heterocycles. The van der Waals surface area contributed by atoms with Crippen LogP contribution in [-0.2, 0) is 9.53 Å². The van der Waals surface area contributed by atoms with E-state index in [0.29, 0.717) is 5.92 Å². The summed E-state index contributed by atoms with van der Waals surface area (Å²) in [7, 11) is 0. The molecule has 0 aromatic carbocycles. The van der Waals surface area contributed by atoms with Gasteiger partial charge in [-0.15, -0.1) is 0 Å². The standard InChI is InChI=1S/C11H16O3/c12-10(13)8-7-3-6-14-9(7)11(8)4-1-2-5-11/h7-9H,1-6H2,(H,12,13)/t7-,8-,9-/m0/s1. The lowest BCUT2D eigenvalue weighted by Gasteiger charge is -2.54. The van der Waals surface area contributed by atoms with Crippen molar-refractivity contribution >= 4 is 5.97 Å². The maximum absolute atomic E-state index is 11.2. The van der Waals surface area contributed by atoms with Crippen molar-refractivity contribution in [2.45, 2.75) is 38.2 Å². The highest BCUT2D eigenvalue weighted by Gasteiger charge is 2.67. The fourth-order valence-electron chi connectivity index (χ4n) is 4.08. The van der Waals surface area contributed by atoms with Gasteiger partial charge in [0.1, 0.15) is 0 Å². The second kappa shape index (κ2) is 2.72. The first-order chi connectivity index (χ1) is 6.76.